The molecule has 2 rings (SSSR count). The lowest BCUT2D eigenvalue weighted by molar-refractivity contribution is 0.422. The Balaban J connectivity index is 2.49. The molecule has 5 nitrogen and oxygen atoms in total. The minimum Gasteiger partial charge on any atom is -0.224 e. The second-order valence-corrected chi connectivity index (χ2v) is 8.93. The molecule has 1 aromatic carbocycles. The first-order valence-corrected chi connectivity index (χ1v) is 9.96. The molecular weight excluding hydrogens is 298 g/mol. The highest BCUT2D eigenvalue weighted by molar-refractivity contribution is 7.93. The zero-order chi connectivity index (χ0) is 14.8. The van der Waals surface area contributed by atoms with Crippen LogP contribution in [0.3, 0.4) is 0 Å². The summed E-state index contributed by atoms with van der Waals surface area (Å²) in [6, 6.07) is 5.81. The van der Waals surface area contributed by atoms with Crippen molar-refractivity contribution in [3.05, 3.63) is 24.3 Å². The number of hydrogen-bond donors (Lipinski definition) is 0. The average Bonchev–Trinajstić information content (AvgIpc) is 2.67. The fraction of sp³-hybridized carbons (Fsp3) is 0.538. The number of sulfonamides is 1. The van der Waals surface area contributed by atoms with Crippen LogP contribution in [0.15, 0.2) is 34.1 Å². The van der Waals surface area contributed by atoms with E-state index in [1.807, 2.05) is 0 Å². The molecule has 0 amide bonds. The van der Waals surface area contributed by atoms with Crippen LogP contribution in [0.5, 0.6) is 0 Å². The molecule has 1 aromatic rings. The third kappa shape index (κ3) is 3.21. The van der Waals surface area contributed by atoms with Gasteiger partial charge in [0.2, 0.25) is 10.0 Å². The first-order valence-electron chi connectivity index (χ1n) is 6.63. The van der Waals surface area contributed by atoms with E-state index in [1.54, 1.807) is 6.07 Å². The minimum atomic E-state index is -3.74. The van der Waals surface area contributed by atoms with Crippen LogP contribution >= 0.6 is 0 Å². The Labute approximate surface area is 120 Å². The van der Waals surface area contributed by atoms with Gasteiger partial charge in [0.05, 0.1) is 4.90 Å². The molecule has 0 aromatic heterocycles. The zero-order valence-electron chi connectivity index (χ0n) is 11.4. The molecule has 0 saturated carbocycles. The van der Waals surface area contributed by atoms with E-state index in [9.17, 15) is 16.8 Å². The average molecular weight is 317 g/mol. The van der Waals surface area contributed by atoms with Gasteiger partial charge in [-0.25, -0.2) is 16.8 Å². The summed E-state index contributed by atoms with van der Waals surface area (Å²) in [4.78, 5) is -0.228. The summed E-state index contributed by atoms with van der Waals surface area (Å²) in [5.41, 5.74) is 0. The summed E-state index contributed by atoms with van der Waals surface area (Å²) >= 11 is 0. The monoisotopic (exact) mass is 317 g/mol. The SMILES string of the molecule is CS(=O)(=O)c1ccccc1S(=O)(=O)N1CCCCCC1. The number of benzene rings is 1. The van der Waals surface area contributed by atoms with Crippen molar-refractivity contribution in [1.29, 1.82) is 0 Å². The van der Waals surface area contributed by atoms with Crippen LogP contribution in [-0.2, 0) is 19.9 Å². The van der Waals surface area contributed by atoms with Gasteiger partial charge in [-0.15, -0.1) is 0 Å². The molecule has 0 unspecified atom stereocenters. The lowest BCUT2D eigenvalue weighted by atomic mass is 10.2. The van der Waals surface area contributed by atoms with Crippen LogP contribution in [0, 0.1) is 0 Å². The van der Waals surface area contributed by atoms with Gasteiger partial charge >= 0.3 is 0 Å². The molecule has 1 aliphatic rings. The lowest BCUT2D eigenvalue weighted by Gasteiger charge is -2.21. The van der Waals surface area contributed by atoms with E-state index in [0.29, 0.717) is 13.1 Å². The van der Waals surface area contributed by atoms with Gasteiger partial charge in [-0.1, -0.05) is 25.0 Å². The molecule has 20 heavy (non-hydrogen) atoms. The molecule has 7 heteroatoms. The highest BCUT2D eigenvalue weighted by Crippen LogP contribution is 2.25. The Morgan fingerprint density at radius 2 is 1.35 bits per heavy atom. The van der Waals surface area contributed by atoms with Crippen LogP contribution in [-0.4, -0.2) is 40.5 Å². The number of hydrogen-bond acceptors (Lipinski definition) is 4. The smallest absolute Gasteiger partial charge is 0.224 e. The number of rotatable bonds is 3. The molecule has 112 valence electrons. The maximum absolute atomic E-state index is 12.7. The standard InChI is InChI=1S/C13H19NO4S2/c1-19(15,16)12-8-4-5-9-13(12)20(17,18)14-10-6-2-3-7-11-14/h4-5,8-9H,2-3,6-7,10-11H2,1H3. The van der Waals surface area contributed by atoms with Gasteiger partial charge in [-0.3, -0.25) is 0 Å². The van der Waals surface area contributed by atoms with Gasteiger partial charge in [0.25, 0.3) is 0 Å². The van der Waals surface area contributed by atoms with E-state index in [2.05, 4.69) is 0 Å². The summed E-state index contributed by atoms with van der Waals surface area (Å²) < 4.78 is 50.3. The van der Waals surface area contributed by atoms with Crippen molar-refractivity contribution in [3.8, 4) is 0 Å². The van der Waals surface area contributed by atoms with Gasteiger partial charge < -0.3 is 0 Å². The largest absolute Gasteiger partial charge is 0.244 e. The molecule has 0 bridgehead atoms. The van der Waals surface area contributed by atoms with E-state index >= 15 is 0 Å². The van der Waals surface area contributed by atoms with Gasteiger partial charge in [0.15, 0.2) is 9.84 Å². The van der Waals surface area contributed by atoms with Gasteiger partial charge in [-0.2, -0.15) is 4.31 Å². The molecule has 0 N–H and O–H groups in total. The van der Waals surface area contributed by atoms with Crippen molar-refractivity contribution in [1.82, 2.24) is 4.31 Å². The van der Waals surface area contributed by atoms with Gasteiger partial charge in [0.1, 0.15) is 4.90 Å². The quantitative estimate of drug-likeness (QED) is 0.850. The van der Waals surface area contributed by atoms with E-state index in [-0.39, 0.29) is 9.79 Å². The fourth-order valence-corrected chi connectivity index (χ4v) is 5.51. The van der Waals surface area contributed by atoms with E-state index < -0.39 is 19.9 Å². The van der Waals surface area contributed by atoms with Crippen LogP contribution in [0.4, 0.5) is 0 Å². The predicted octanol–water partition coefficient (Wildman–Crippen LogP) is 1.65. The van der Waals surface area contributed by atoms with Crippen molar-refractivity contribution in [2.45, 2.75) is 35.5 Å². The Bertz CT molecular complexity index is 672. The first-order chi connectivity index (χ1) is 9.33. The number of sulfone groups is 1. The topological polar surface area (TPSA) is 71.5 Å². The molecule has 0 atom stereocenters. The van der Waals surface area contributed by atoms with Crippen LogP contribution < -0.4 is 0 Å². The van der Waals surface area contributed by atoms with Crippen LogP contribution in [0.2, 0.25) is 0 Å². The van der Waals surface area contributed by atoms with Crippen LogP contribution in [0.25, 0.3) is 0 Å². The summed E-state index contributed by atoms with van der Waals surface area (Å²) in [6.07, 6.45) is 4.70. The van der Waals surface area contributed by atoms with Crippen molar-refractivity contribution in [2.75, 3.05) is 19.3 Å². The molecule has 1 heterocycles. The highest BCUT2D eigenvalue weighted by Gasteiger charge is 2.29. The molecule has 0 radical (unpaired) electrons. The Hall–Kier alpha value is -0.920. The van der Waals surface area contributed by atoms with Crippen molar-refractivity contribution in [2.24, 2.45) is 0 Å². The Kier molecular flexibility index (Phi) is 4.51. The molecule has 1 saturated heterocycles. The van der Waals surface area contributed by atoms with E-state index in [0.717, 1.165) is 31.9 Å². The molecule has 0 aliphatic carbocycles. The van der Waals surface area contributed by atoms with Crippen LogP contribution in [0.1, 0.15) is 25.7 Å². The summed E-state index contributed by atoms with van der Waals surface area (Å²) in [5.74, 6) is 0. The van der Waals surface area contributed by atoms with Crippen molar-refractivity contribution >= 4 is 19.9 Å². The molecule has 0 spiro atoms. The summed E-state index contributed by atoms with van der Waals surface area (Å²) in [5, 5.41) is 0. The molecule has 1 aliphatic heterocycles. The maximum atomic E-state index is 12.7. The Morgan fingerprint density at radius 1 is 0.850 bits per heavy atom. The van der Waals surface area contributed by atoms with Crippen molar-refractivity contribution in [3.63, 3.8) is 0 Å². The predicted molar refractivity (Wildman–Crippen MR) is 76.8 cm³/mol. The zero-order valence-corrected chi connectivity index (χ0v) is 13.1. The van der Waals surface area contributed by atoms with Gasteiger partial charge in [0, 0.05) is 19.3 Å². The number of nitrogens with zero attached hydrogens (tertiary/aromatic N) is 1. The maximum Gasteiger partial charge on any atom is 0.244 e. The third-order valence-corrected chi connectivity index (χ3v) is 6.67. The lowest BCUT2D eigenvalue weighted by Crippen LogP contribution is -2.32. The van der Waals surface area contributed by atoms with E-state index in [4.69, 9.17) is 0 Å². The van der Waals surface area contributed by atoms with Gasteiger partial charge in [-0.05, 0) is 25.0 Å². The third-order valence-electron chi connectivity index (χ3n) is 3.43. The summed E-state index contributed by atoms with van der Waals surface area (Å²) in [6.45, 7) is 0.918. The normalized spacial score (nSPS) is 18.6. The summed E-state index contributed by atoms with van der Waals surface area (Å²) in [7, 11) is -7.32. The first kappa shape index (κ1) is 15.5. The fourth-order valence-electron chi connectivity index (χ4n) is 2.39. The Morgan fingerprint density at radius 3 is 1.85 bits per heavy atom. The molecule has 1 fully saturated rings. The minimum absolute atomic E-state index is 0.107. The van der Waals surface area contributed by atoms with Crippen molar-refractivity contribution < 1.29 is 16.8 Å². The van der Waals surface area contributed by atoms with E-state index in [1.165, 1.54) is 22.5 Å². The second-order valence-electron chi connectivity index (χ2n) is 5.04. The highest BCUT2D eigenvalue weighted by atomic mass is 32.2. The second kappa shape index (κ2) is 5.83. The molecular formula is C13H19NO4S2.